The summed E-state index contributed by atoms with van der Waals surface area (Å²) >= 11 is 0. The first-order valence-electron chi connectivity index (χ1n) is 2.59. The lowest BCUT2D eigenvalue weighted by Gasteiger charge is -1.84. The third-order valence-corrected chi connectivity index (χ3v) is 0.504. The maximum atomic E-state index is 10.1. The summed E-state index contributed by atoms with van der Waals surface area (Å²) in [7, 11) is 2.85. The van der Waals surface area contributed by atoms with E-state index in [4.69, 9.17) is 0 Å². The smallest absolute Gasteiger partial charge is 0.330 e. The Labute approximate surface area is 55.5 Å². The van der Waals surface area contributed by atoms with E-state index in [0.717, 1.165) is 0 Å². The zero-order valence-electron chi connectivity index (χ0n) is 6.05. The third-order valence-electron chi connectivity index (χ3n) is 0.504. The molecule has 3 nitrogen and oxygen atoms in total. The summed E-state index contributed by atoms with van der Waals surface area (Å²) in [6.45, 7) is 1.76. The van der Waals surface area contributed by atoms with Gasteiger partial charge >= 0.3 is 5.97 Å². The minimum absolute atomic E-state index is 0.303. The SMILES string of the molecule is C/C=C/C(=O)OC.CN. The molecule has 0 saturated carbocycles. The Hall–Kier alpha value is -0.830. The van der Waals surface area contributed by atoms with E-state index in [1.54, 1.807) is 13.0 Å². The van der Waals surface area contributed by atoms with Crippen molar-refractivity contribution in [3.63, 3.8) is 0 Å². The van der Waals surface area contributed by atoms with Gasteiger partial charge in [-0.2, -0.15) is 0 Å². The number of allylic oxidation sites excluding steroid dienone is 1. The topological polar surface area (TPSA) is 52.3 Å². The minimum Gasteiger partial charge on any atom is -0.466 e. The number of methoxy groups -OCH3 is 1. The van der Waals surface area contributed by atoms with Crippen molar-refractivity contribution in [3.8, 4) is 0 Å². The number of hydrogen-bond donors (Lipinski definition) is 1. The molecule has 0 aliphatic carbocycles. The second-order valence-electron chi connectivity index (χ2n) is 1.02. The van der Waals surface area contributed by atoms with Crippen molar-refractivity contribution in [1.29, 1.82) is 0 Å². The van der Waals surface area contributed by atoms with Gasteiger partial charge in [-0.1, -0.05) is 6.08 Å². The summed E-state index contributed by atoms with van der Waals surface area (Å²) in [5, 5.41) is 0. The van der Waals surface area contributed by atoms with Crippen LogP contribution in [0.2, 0.25) is 0 Å². The highest BCUT2D eigenvalue weighted by atomic mass is 16.5. The maximum absolute atomic E-state index is 10.1. The van der Waals surface area contributed by atoms with E-state index in [1.165, 1.54) is 20.2 Å². The summed E-state index contributed by atoms with van der Waals surface area (Å²) in [6, 6.07) is 0. The largest absolute Gasteiger partial charge is 0.466 e. The average Bonchev–Trinajstić information content (AvgIpc) is 1.93. The molecule has 0 aromatic rings. The molecule has 0 fully saturated rings. The molecular weight excluding hydrogens is 118 g/mol. The first-order chi connectivity index (χ1) is 4.31. The predicted octanol–water partition coefficient (Wildman–Crippen LogP) is 0.310. The molecule has 0 rings (SSSR count). The van der Waals surface area contributed by atoms with Crippen LogP contribution in [0.5, 0.6) is 0 Å². The lowest BCUT2D eigenvalue weighted by molar-refractivity contribution is -0.134. The summed E-state index contributed by atoms with van der Waals surface area (Å²) in [4.78, 5) is 10.1. The van der Waals surface area contributed by atoms with Crippen LogP contribution in [0.3, 0.4) is 0 Å². The predicted molar refractivity (Wildman–Crippen MR) is 36.9 cm³/mol. The van der Waals surface area contributed by atoms with Crippen molar-refractivity contribution in [1.82, 2.24) is 0 Å². The van der Waals surface area contributed by atoms with Gasteiger partial charge in [-0.25, -0.2) is 4.79 Å². The van der Waals surface area contributed by atoms with Crippen LogP contribution in [-0.4, -0.2) is 20.1 Å². The molecule has 0 aromatic heterocycles. The van der Waals surface area contributed by atoms with Gasteiger partial charge in [-0.3, -0.25) is 0 Å². The van der Waals surface area contributed by atoms with E-state index >= 15 is 0 Å². The fraction of sp³-hybridized carbons (Fsp3) is 0.500. The molecule has 9 heavy (non-hydrogen) atoms. The van der Waals surface area contributed by atoms with E-state index in [2.05, 4.69) is 10.5 Å². The minimum atomic E-state index is -0.303. The number of hydrogen-bond acceptors (Lipinski definition) is 3. The van der Waals surface area contributed by atoms with Crippen molar-refractivity contribution < 1.29 is 9.53 Å². The Balaban J connectivity index is 0. The molecule has 0 heterocycles. The lowest BCUT2D eigenvalue weighted by atomic mass is 10.5. The summed E-state index contributed by atoms with van der Waals surface area (Å²) < 4.78 is 4.26. The number of carbonyl (C=O) groups excluding carboxylic acids is 1. The molecule has 0 bridgehead atoms. The fourth-order valence-corrected chi connectivity index (χ4v) is 0.204. The first-order valence-corrected chi connectivity index (χ1v) is 2.59. The van der Waals surface area contributed by atoms with Crippen LogP contribution in [-0.2, 0) is 9.53 Å². The molecule has 54 valence electrons. The van der Waals surface area contributed by atoms with Crippen LogP contribution < -0.4 is 5.73 Å². The monoisotopic (exact) mass is 131 g/mol. The van der Waals surface area contributed by atoms with Crippen molar-refractivity contribution in [2.45, 2.75) is 6.92 Å². The van der Waals surface area contributed by atoms with Crippen LogP contribution in [0.25, 0.3) is 0 Å². The molecule has 0 saturated heterocycles. The fourth-order valence-electron chi connectivity index (χ4n) is 0.204. The van der Waals surface area contributed by atoms with Gasteiger partial charge in [0.05, 0.1) is 7.11 Å². The van der Waals surface area contributed by atoms with Crippen molar-refractivity contribution in [3.05, 3.63) is 12.2 Å². The van der Waals surface area contributed by atoms with Gasteiger partial charge in [0.2, 0.25) is 0 Å². The molecule has 0 radical (unpaired) electrons. The normalized spacial score (nSPS) is 8.00. The number of esters is 1. The molecule has 0 aliphatic heterocycles. The van der Waals surface area contributed by atoms with Crippen LogP contribution in [0.15, 0.2) is 12.2 Å². The molecular formula is C6H13NO2. The first kappa shape index (κ1) is 11.0. The Morgan fingerprint density at radius 3 is 2.11 bits per heavy atom. The zero-order valence-corrected chi connectivity index (χ0v) is 6.05. The molecule has 2 N–H and O–H groups in total. The number of ether oxygens (including phenoxy) is 1. The van der Waals surface area contributed by atoms with E-state index < -0.39 is 0 Å². The standard InChI is InChI=1S/C5H8O2.CH5N/c1-3-4-5(6)7-2;1-2/h3-4H,1-2H3;2H2,1H3/b4-3+;. The van der Waals surface area contributed by atoms with Gasteiger partial charge in [-0.05, 0) is 14.0 Å². The van der Waals surface area contributed by atoms with Crippen LogP contribution in [0.1, 0.15) is 6.92 Å². The molecule has 0 aliphatic rings. The summed E-state index contributed by atoms with van der Waals surface area (Å²) in [6.07, 6.45) is 2.99. The van der Waals surface area contributed by atoms with E-state index in [9.17, 15) is 4.79 Å². The van der Waals surface area contributed by atoms with Crippen LogP contribution >= 0.6 is 0 Å². The van der Waals surface area contributed by atoms with E-state index in [1.807, 2.05) is 0 Å². The molecule has 0 aromatic carbocycles. The molecule has 0 amide bonds. The van der Waals surface area contributed by atoms with Crippen molar-refractivity contribution >= 4 is 5.97 Å². The van der Waals surface area contributed by atoms with Gasteiger partial charge in [0.25, 0.3) is 0 Å². The zero-order chi connectivity index (χ0) is 7.70. The van der Waals surface area contributed by atoms with E-state index in [0.29, 0.717) is 0 Å². The Morgan fingerprint density at radius 2 is 2.00 bits per heavy atom. The Bertz CT molecular complexity index is 89.1. The molecule has 0 unspecified atom stereocenters. The van der Waals surface area contributed by atoms with Gasteiger partial charge in [-0.15, -0.1) is 0 Å². The second-order valence-corrected chi connectivity index (χ2v) is 1.02. The Morgan fingerprint density at radius 1 is 1.56 bits per heavy atom. The summed E-state index contributed by atoms with van der Waals surface area (Å²) in [5.74, 6) is -0.303. The quantitative estimate of drug-likeness (QED) is 0.411. The number of rotatable bonds is 1. The van der Waals surface area contributed by atoms with Gasteiger partial charge in [0.15, 0.2) is 0 Å². The van der Waals surface area contributed by atoms with Crippen molar-refractivity contribution in [2.24, 2.45) is 5.73 Å². The van der Waals surface area contributed by atoms with Gasteiger partial charge in [0.1, 0.15) is 0 Å². The second kappa shape index (κ2) is 10.2. The van der Waals surface area contributed by atoms with E-state index in [-0.39, 0.29) is 5.97 Å². The van der Waals surface area contributed by atoms with Crippen molar-refractivity contribution in [2.75, 3.05) is 14.2 Å². The highest BCUT2D eigenvalue weighted by Crippen LogP contribution is 1.73. The van der Waals surface area contributed by atoms with Gasteiger partial charge < -0.3 is 10.5 Å². The molecule has 0 spiro atoms. The average molecular weight is 131 g/mol. The number of carbonyl (C=O) groups is 1. The molecule has 0 atom stereocenters. The molecule has 3 heteroatoms. The van der Waals surface area contributed by atoms with Crippen LogP contribution in [0.4, 0.5) is 0 Å². The highest BCUT2D eigenvalue weighted by molar-refractivity contribution is 5.81. The number of nitrogens with two attached hydrogens (primary N) is 1. The lowest BCUT2D eigenvalue weighted by Crippen LogP contribution is -1.92. The Kier molecular flexibility index (Phi) is 12.5. The van der Waals surface area contributed by atoms with Crippen LogP contribution in [0, 0.1) is 0 Å². The third kappa shape index (κ3) is 11.0. The van der Waals surface area contributed by atoms with Gasteiger partial charge in [0, 0.05) is 6.08 Å². The maximum Gasteiger partial charge on any atom is 0.330 e. The summed E-state index contributed by atoms with van der Waals surface area (Å²) in [5.41, 5.74) is 4.50. The highest BCUT2D eigenvalue weighted by Gasteiger charge is 1.84.